The van der Waals surface area contributed by atoms with Crippen LogP contribution in [0, 0.1) is 0 Å². The molecule has 0 unspecified atom stereocenters. The summed E-state index contributed by atoms with van der Waals surface area (Å²) < 4.78 is 1.80. The molecule has 4 N–H and O–H groups in total. The lowest BCUT2D eigenvalue weighted by Gasteiger charge is -2.29. The molecule has 0 saturated carbocycles. The van der Waals surface area contributed by atoms with E-state index >= 15 is 0 Å². The van der Waals surface area contributed by atoms with Crippen LogP contribution < -0.4 is 11.1 Å². The van der Waals surface area contributed by atoms with E-state index in [2.05, 4.69) is 15.4 Å². The molecule has 0 radical (unpaired) electrons. The van der Waals surface area contributed by atoms with E-state index in [9.17, 15) is 14.7 Å². The van der Waals surface area contributed by atoms with Gasteiger partial charge in [-0.3, -0.25) is 4.79 Å². The van der Waals surface area contributed by atoms with Crippen LogP contribution in [0.15, 0.2) is 67.0 Å². The number of piperidine rings is 1. The Morgan fingerprint density at radius 1 is 1.03 bits per heavy atom. The first-order valence-electron chi connectivity index (χ1n) is 11.1. The van der Waals surface area contributed by atoms with Gasteiger partial charge in [0.1, 0.15) is 11.8 Å². The molecule has 0 aliphatic carbocycles. The molecule has 172 valence electrons. The number of carbonyl (C=O) groups excluding carboxylic acids is 1. The second-order valence-electron chi connectivity index (χ2n) is 8.33. The summed E-state index contributed by atoms with van der Waals surface area (Å²) in [5.41, 5.74) is 10.8. The highest BCUT2D eigenvalue weighted by molar-refractivity contribution is 6.05. The molecule has 1 saturated heterocycles. The van der Waals surface area contributed by atoms with Crippen molar-refractivity contribution in [1.29, 1.82) is 0 Å². The number of fused-ring (bicyclic) bond motifs is 1. The van der Waals surface area contributed by atoms with Gasteiger partial charge in [0.25, 0.3) is 5.91 Å². The first-order valence-corrected chi connectivity index (χ1v) is 11.1. The van der Waals surface area contributed by atoms with Crippen LogP contribution in [0.5, 0.6) is 0 Å². The highest BCUT2D eigenvalue weighted by atomic mass is 16.4. The molecule has 2 aromatic heterocycles. The van der Waals surface area contributed by atoms with E-state index < -0.39 is 6.09 Å². The number of likely N-dealkylation sites (tertiary alicyclic amines) is 1. The topological polar surface area (TPSA) is 126 Å². The van der Waals surface area contributed by atoms with Crippen molar-refractivity contribution in [2.75, 3.05) is 24.1 Å². The molecular weight excluding hydrogens is 432 g/mol. The molecule has 5 rings (SSSR count). The minimum absolute atomic E-state index is 0.135. The average molecular weight is 457 g/mol. The normalized spacial score (nSPS) is 14.3. The highest BCUT2D eigenvalue weighted by Crippen LogP contribution is 2.36. The minimum atomic E-state index is -0.892. The number of nitrogens with two attached hydrogens (primary N) is 1. The summed E-state index contributed by atoms with van der Waals surface area (Å²) in [7, 11) is 0. The number of para-hydroxylation sites is 1. The fourth-order valence-electron chi connectivity index (χ4n) is 4.52. The Bertz CT molecular complexity index is 1360. The van der Waals surface area contributed by atoms with Gasteiger partial charge in [-0.1, -0.05) is 30.3 Å². The monoisotopic (exact) mass is 456 g/mol. The van der Waals surface area contributed by atoms with Gasteiger partial charge in [-0.15, -0.1) is 0 Å². The molecule has 2 aromatic carbocycles. The molecule has 9 heteroatoms. The van der Waals surface area contributed by atoms with Gasteiger partial charge in [0.2, 0.25) is 0 Å². The van der Waals surface area contributed by atoms with Gasteiger partial charge in [-0.2, -0.15) is 5.10 Å². The van der Waals surface area contributed by atoms with Gasteiger partial charge < -0.3 is 21.1 Å². The van der Waals surface area contributed by atoms with Crippen molar-refractivity contribution in [3.63, 3.8) is 0 Å². The first kappa shape index (κ1) is 21.4. The Morgan fingerprint density at radius 2 is 1.79 bits per heavy atom. The molecule has 2 amide bonds. The highest BCUT2D eigenvalue weighted by Gasteiger charge is 2.27. The van der Waals surface area contributed by atoms with Crippen molar-refractivity contribution >= 4 is 29.0 Å². The zero-order valence-corrected chi connectivity index (χ0v) is 18.4. The lowest BCUT2D eigenvalue weighted by Crippen LogP contribution is -2.37. The van der Waals surface area contributed by atoms with E-state index in [0.717, 1.165) is 22.5 Å². The first-order chi connectivity index (χ1) is 16.5. The molecule has 0 atom stereocenters. The maximum Gasteiger partial charge on any atom is 0.407 e. The van der Waals surface area contributed by atoms with Crippen LogP contribution in [0.25, 0.3) is 16.6 Å². The van der Waals surface area contributed by atoms with Gasteiger partial charge >= 0.3 is 6.09 Å². The zero-order valence-electron chi connectivity index (χ0n) is 18.4. The third-order valence-electron chi connectivity index (χ3n) is 6.26. The SMILES string of the molecule is Nc1ncnn2c(C3CCN(C(=O)O)CC3)cc(-c3cccc(C(=O)Nc4ccccc4)c3)c12. The summed E-state index contributed by atoms with van der Waals surface area (Å²) in [6, 6.07) is 18.7. The number of hydrogen-bond acceptors (Lipinski definition) is 5. The summed E-state index contributed by atoms with van der Waals surface area (Å²) >= 11 is 0. The molecule has 1 aliphatic heterocycles. The number of amides is 2. The van der Waals surface area contributed by atoms with E-state index in [4.69, 9.17) is 5.73 Å². The number of benzene rings is 2. The summed E-state index contributed by atoms with van der Waals surface area (Å²) in [4.78, 5) is 29.8. The Morgan fingerprint density at radius 3 is 2.53 bits per heavy atom. The second-order valence-corrected chi connectivity index (χ2v) is 8.33. The van der Waals surface area contributed by atoms with Crippen LogP contribution >= 0.6 is 0 Å². The van der Waals surface area contributed by atoms with Crippen molar-refractivity contribution in [2.24, 2.45) is 0 Å². The smallest absolute Gasteiger partial charge is 0.407 e. The molecule has 0 spiro atoms. The predicted octanol–water partition coefficient (Wildman–Crippen LogP) is 4.09. The van der Waals surface area contributed by atoms with Crippen LogP contribution in [0.3, 0.4) is 0 Å². The fraction of sp³-hybridized carbons (Fsp3) is 0.200. The van der Waals surface area contributed by atoms with Gasteiger partial charge in [0, 0.05) is 41.5 Å². The molecular formula is C25H24N6O3. The molecule has 3 heterocycles. The molecule has 0 bridgehead atoms. The molecule has 9 nitrogen and oxygen atoms in total. The lowest BCUT2D eigenvalue weighted by molar-refractivity contribution is 0.102. The number of carbonyl (C=O) groups is 2. The van der Waals surface area contributed by atoms with Crippen LogP contribution in [0.4, 0.5) is 16.3 Å². The van der Waals surface area contributed by atoms with Crippen molar-refractivity contribution in [2.45, 2.75) is 18.8 Å². The Labute approximate surface area is 195 Å². The summed E-state index contributed by atoms with van der Waals surface area (Å²) in [6.45, 7) is 0.941. The zero-order chi connectivity index (χ0) is 23.7. The third kappa shape index (κ3) is 4.03. The molecule has 1 fully saturated rings. The number of anilines is 2. The maximum absolute atomic E-state index is 12.8. The number of aromatic nitrogens is 3. The van der Waals surface area contributed by atoms with Gasteiger partial charge in [-0.25, -0.2) is 14.3 Å². The second kappa shape index (κ2) is 8.86. The number of nitrogens with zero attached hydrogens (tertiary/aromatic N) is 4. The average Bonchev–Trinajstić information content (AvgIpc) is 3.26. The number of rotatable bonds is 4. The number of nitrogens with one attached hydrogen (secondary N) is 1. The summed E-state index contributed by atoms with van der Waals surface area (Å²) in [5, 5.41) is 16.6. The minimum Gasteiger partial charge on any atom is -0.465 e. The van der Waals surface area contributed by atoms with Gasteiger partial charge in [0.15, 0.2) is 5.82 Å². The predicted molar refractivity (Wildman–Crippen MR) is 129 cm³/mol. The molecule has 1 aliphatic rings. The van der Waals surface area contributed by atoms with Crippen molar-refractivity contribution in [3.05, 3.63) is 78.2 Å². The van der Waals surface area contributed by atoms with Crippen molar-refractivity contribution < 1.29 is 14.7 Å². The van der Waals surface area contributed by atoms with Crippen LogP contribution in [0.2, 0.25) is 0 Å². The van der Waals surface area contributed by atoms with Gasteiger partial charge in [0.05, 0.1) is 0 Å². The Kier molecular flexibility index (Phi) is 5.59. The van der Waals surface area contributed by atoms with Crippen LogP contribution in [0.1, 0.15) is 34.8 Å². The molecule has 4 aromatic rings. The van der Waals surface area contributed by atoms with E-state index in [1.807, 2.05) is 54.6 Å². The van der Waals surface area contributed by atoms with Crippen molar-refractivity contribution in [1.82, 2.24) is 19.5 Å². The van der Waals surface area contributed by atoms with Gasteiger partial charge in [-0.05, 0) is 48.7 Å². The van der Waals surface area contributed by atoms with E-state index in [0.29, 0.717) is 42.8 Å². The third-order valence-corrected chi connectivity index (χ3v) is 6.26. The summed E-state index contributed by atoms with van der Waals surface area (Å²) in [6.07, 6.45) is 1.92. The standard InChI is InChI=1S/C25H24N6O3/c26-23-22-20(17-5-4-6-18(13-17)24(32)29-19-7-2-1-3-8-19)14-21(31(22)28-15-27-23)16-9-11-30(12-10-16)25(33)34/h1-8,13-16H,9-12H2,(H,29,32)(H,33,34)(H2,26,27,28). The Hall–Kier alpha value is -4.40. The van der Waals surface area contributed by atoms with Crippen molar-refractivity contribution in [3.8, 4) is 11.1 Å². The number of nitrogen functional groups attached to an aromatic ring is 1. The fourth-order valence-corrected chi connectivity index (χ4v) is 4.52. The van der Waals surface area contributed by atoms with E-state index in [1.165, 1.54) is 11.2 Å². The number of hydrogen-bond donors (Lipinski definition) is 3. The largest absolute Gasteiger partial charge is 0.465 e. The lowest BCUT2D eigenvalue weighted by atomic mass is 9.93. The maximum atomic E-state index is 12.8. The molecule has 34 heavy (non-hydrogen) atoms. The Balaban J connectivity index is 1.50. The van der Waals surface area contributed by atoms with Crippen LogP contribution in [-0.2, 0) is 0 Å². The van der Waals surface area contributed by atoms with E-state index in [-0.39, 0.29) is 11.8 Å². The van der Waals surface area contributed by atoms with Crippen LogP contribution in [-0.4, -0.2) is 49.7 Å². The quantitative estimate of drug-likeness (QED) is 0.425. The summed E-state index contributed by atoms with van der Waals surface area (Å²) in [5.74, 6) is 0.274. The number of carboxylic acid groups (broad SMARTS) is 1. The van der Waals surface area contributed by atoms with E-state index in [1.54, 1.807) is 10.6 Å².